The van der Waals surface area contributed by atoms with E-state index < -0.39 is 0 Å². The number of hydrogen-bond donors (Lipinski definition) is 1. The average molecular weight is 248 g/mol. The highest BCUT2D eigenvalue weighted by Gasteiger charge is 2.26. The molecule has 1 saturated heterocycles. The SMILES string of the molecule is CCC1COC(C)CN1c1ccccc1CNC. The second-order valence-corrected chi connectivity index (χ2v) is 5.02. The highest BCUT2D eigenvalue weighted by atomic mass is 16.5. The van der Waals surface area contributed by atoms with Gasteiger partial charge in [-0.15, -0.1) is 0 Å². The quantitative estimate of drug-likeness (QED) is 0.885. The first kappa shape index (κ1) is 13.4. The van der Waals surface area contributed by atoms with Crippen LogP contribution in [0, 0.1) is 0 Å². The van der Waals surface area contributed by atoms with E-state index in [-0.39, 0.29) is 0 Å². The van der Waals surface area contributed by atoms with Gasteiger partial charge in [-0.1, -0.05) is 25.1 Å². The van der Waals surface area contributed by atoms with Crippen molar-refractivity contribution in [3.8, 4) is 0 Å². The van der Waals surface area contributed by atoms with Crippen molar-refractivity contribution < 1.29 is 4.74 Å². The normalized spacial score (nSPS) is 24.3. The summed E-state index contributed by atoms with van der Waals surface area (Å²) >= 11 is 0. The lowest BCUT2D eigenvalue weighted by molar-refractivity contribution is 0.0299. The Bertz CT molecular complexity index is 381. The molecule has 0 aliphatic carbocycles. The van der Waals surface area contributed by atoms with Gasteiger partial charge in [-0.3, -0.25) is 0 Å². The molecule has 2 unspecified atom stereocenters. The molecule has 1 fully saturated rings. The van der Waals surface area contributed by atoms with Crippen LogP contribution in [0.4, 0.5) is 5.69 Å². The number of nitrogens with zero attached hydrogens (tertiary/aromatic N) is 1. The Labute approximate surface area is 110 Å². The van der Waals surface area contributed by atoms with Crippen molar-refractivity contribution in [2.75, 3.05) is 25.1 Å². The van der Waals surface area contributed by atoms with Crippen molar-refractivity contribution in [3.63, 3.8) is 0 Å². The van der Waals surface area contributed by atoms with Crippen molar-refractivity contribution in [1.82, 2.24) is 5.32 Å². The molecule has 0 bridgehead atoms. The van der Waals surface area contributed by atoms with E-state index in [1.54, 1.807) is 0 Å². The summed E-state index contributed by atoms with van der Waals surface area (Å²) in [7, 11) is 2.00. The first-order chi connectivity index (χ1) is 8.76. The molecular formula is C15H24N2O. The molecule has 2 rings (SSSR count). The van der Waals surface area contributed by atoms with Crippen LogP contribution in [0.5, 0.6) is 0 Å². The van der Waals surface area contributed by atoms with E-state index in [0.717, 1.165) is 26.1 Å². The minimum absolute atomic E-state index is 0.315. The molecule has 3 heteroatoms. The third-order valence-corrected chi connectivity index (χ3v) is 3.61. The minimum atomic E-state index is 0.315. The monoisotopic (exact) mass is 248 g/mol. The van der Waals surface area contributed by atoms with E-state index in [9.17, 15) is 0 Å². The highest BCUT2D eigenvalue weighted by molar-refractivity contribution is 5.55. The molecule has 1 aliphatic heterocycles. The topological polar surface area (TPSA) is 24.5 Å². The van der Waals surface area contributed by atoms with Crippen LogP contribution in [-0.4, -0.2) is 32.3 Å². The number of hydrogen-bond acceptors (Lipinski definition) is 3. The van der Waals surface area contributed by atoms with Crippen molar-refractivity contribution in [3.05, 3.63) is 29.8 Å². The summed E-state index contributed by atoms with van der Waals surface area (Å²) in [5.41, 5.74) is 2.72. The predicted octanol–water partition coefficient (Wildman–Crippen LogP) is 2.41. The molecule has 18 heavy (non-hydrogen) atoms. The highest BCUT2D eigenvalue weighted by Crippen LogP contribution is 2.26. The van der Waals surface area contributed by atoms with Gasteiger partial charge < -0.3 is 15.0 Å². The van der Waals surface area contributed by atoms with Gasteiger partial charge in [-0.25, -0.2) is 0 Å². The van der Waals surface area contributed by atoms with Crippen molar-refractivity contribution in [1.29, 1.82) is 0 Å². The summed E-state index contributed by atoms with van der Waals surface area (Å²) in [6.45, 7) is 7.13. The molecule has 2 atom stereocenters. The largest absolute Gasteiger partial charge is 0.375 e. The van der Waals surface area contributed by atoms with Crippen LogP contribution in [0.2, 0.25) is 0 Å². The predicted molar refractivity (Wildman–Crippen MR) is 76.0 cm³/mol. The Kier molecular flexibility index (Phi) is 4.61. The van der Waals surface area contributed by atoms with Crippen LogP contribution in [0.15, 0.2) is 24.3 Å². The van der Waals surface area contributed by atoms with Gasteiger partial charge in [0.2, 0.25) is 0 Å². The van der Waals surface area contributed by atoms with E-state index in [4.69, 9.17) is 4.74 Å². The average Bonchev–Trinajstić information content (AvgIpc) is 2.40. The maximum absolute atomic E-state index is 5.78. The van der Waals surface area contributed by atoms with E-state index in [1.165, 1.54) is 11.3 Å². The summed E-state index contributed by atoms with van der Waals surface area (Å²) in [4.78, 5) is 2.51. The Morgan fingerprint density at radius 2 is 2.17 bits per heavy atom. The van der Waals surface area contributed by atoms with Crippen LogP contribution in [-0.2, 0) is 11.3 Å². The van der Waals surface area contributed by atoms with Gasteiger partial charge in [-0.2, -0.15) is 0 Å². The fraction of sp³-hybridized carbons (Fsp3) is 0.600. The lowest BCUT2D eigenvalue weighted by atomic mass is 10.1. The van der Waals surface area contributed by atoms with E-state index in [0.29, 0.717) is 12.1 Å². The number of anilines is 1. The third kappa shape index (κ3) is 2.85. The van der Waals surface area contributed by atoms with Gasteiger partial charge in [0.25, 0.3) is 0 Å². The number of rotatable bonds is 4. The molecule has 1 aromatic rings. The maximum Gasteiger partial charge on any atom is 0.0723 e. The molecule has 100 valence electrons. The minimum Gasteiger partial charge on any atom is -0.375 e. The second kappa shape index (κ2) is 6.21. The van der Waals surface area contributed by atoms with Crippen LogP contribution in [0.3, 0.4) is 0 Å². The zero-order valence-corrected chi connectivity index (χ0v) is 11.6. The summed E-state index contributed by atoms with van der Waals surface area (Å²) < 4.78 is 5.78. The van der Waals surface area contributed by atoms with Gasteiger partial charge >= 0.3 is 0 Å². The Hall–Kier alpha value is -1.06. The lowest BCUT2D eigenvalue weighted by Gasteiger charge is -2.41. The van der Waals surface area contributed by atoms with Gasteiger partial charge in [0.15, 0.2) is 0 Å². The number of para-hydroxylation sites is 1. The first-order valence-corrected chi connectivity index (χ1v) is 6.87. The molecule has 0 radical (unpaired) electrons. The second-order valence-electron chi connectivity index (χ2n) is 5.02. The third-order valence-electron chi connectivity index (χ3n) is 3.61. The van der Waals surface area contributed by atoms with E-state index >= 15 is 0 Å². The van der Waals surface area contributed by atoms with Crippen molar-refractivity contribution >= 4 is 5.69 Å². The Balaban J connectivity index is 2.26. The standard InChI is InChI=1S/C15H24N2O/c1-4-14-11-18-12(2)10-17(14)15-8-6-5-7-13(15)9-16-3/h5-8,12,14,16H,4,9-11H2,1-3H3. The molecule has 0 spiro atoms. The molecule has 0 aromatic heterocycles. The molecule has 1 aromatic carbocycles. The number of morpholine rings is 1. The zero-order valence-electron chi connectivity index (χ0n) is 11.6. The fourth-order valence-electron chi connectivity index (χ4n) is 2.61. The smallest absolute Gasteiger partial charge is 0.0723 e. The Morgan fingerprint density at radius 3 is 2.89 bits per heavy atom. The first-order valence-electron chi connectivity index (χ1n) is 6.87. The van der Waals surface area contributed by atoms with Gasteiger partial charge in [0.05, 0.1) is 18.8 Å². The number of nitrogens with one attached hydrogen (secondary N) is 1. The van der Waals surface area contributed by atoms with Crippen LogP contribution in [0.1, 0.15) is 25.8 Å². The molecular weight excluding hydrogens is 224 g/mol. The molecule has 1 aliphatic rings. The zero-order chi connectivity index (χ0) is 13.0. The van der Waals surface area contributed by atoms with Gasteiger partial charge in [0, 0.05) is 18.8 Å². The summed E-state index contributed by atoms with van der Waals surface area (Å²) in [5, 5.41) is 3.25. The van der Waals surface area contributed by atoms with Crippen LogP contribution < -0.4 is 10.2 Å². The van der Waals surface area contributed by atoms with Crippen LogP contribution in [0.25, 0.3) is 0 Å². The molecule has 0 saturated carbocycles. The molecule has 3 nitrogen and oxygen atoms in total. The molecule has 1 heterocycles. The lowest BCUT2D eigenvalue weighted by Crippen LogP contribution is -2.49. The van der Waals surface area contributed by atoms with E-state index in [1.807, 2.05) is 7.05 Å². The molecule has 0 amide bonds. The van der Waals surface area contributed by atoms with Gasteiger partial charge in [0.1, 0.15) is 0 Å². The van der Waals surface area contributed by atoms with E-state index in [2.05, 4.69) is 48.3 Å². The summed E-state index contributed by atoms with van der Waals surface area (Å²) in [6, 6.07) is 9.17. The summed E-state index contributed by atoms with van der Waals surface area (Å²) in [5.74, 6) is 0. The number of ether oxygens (including phenoxy) is 1. The maximum atomic E-state index is 5.78. The molecule has 1 N–H and O–H groups in total. The van der Waals surface area contributed by atoms with Crippen molar-refractivity contribution in [2.24, 2.45) is 0 Å². The summed E-state index contributed by atoms with van der Waals surface area (Å²) in [6.07, 6.45) is 1.44. The van der Waals surface area contributed by atoms with Crippen LogP contribution >= 0.6 is 0 Å². The number of benzene rings is 1. The van der Waals surface area contributed by atoms with Crippen molar-refractivity contribution in [2.45, 2.75) is 39.0 Å². The van der Waals surface area contributed by atoms with Gasteiger partial charge in [-0.05, 0) is 32.0 Å². The fourth-order valence-corrected chi connectivity index (χ4v) is 2.61. The Morgan fingerprint density at radius 1 is 1.39 bits per heavy atom.